The van der Waals surface area contributed by atoms with Gasteiger partial charge in [-0.15, -0.1) is 11.3 Å². The van der Waals surface area contributed by atoms with Crippen LogP contribution in [0, 0.1) is 5.92 Å². The van der Waals surface area contributed by atoms with Crippen molar-refractivity contribution in [3.8, 4) is 5.75 Å². The Hall–Kier alpha value is -2.05. The van der Waals surface area contributed by atoms with Crippen molar-refractivity contribution in [2.75, 3.05) is 38.2 Å². The maximum Gasteiger partial charge on any atom is 0.222 e. The van der Waals surface area contributed by atoms with E-state index in [1.807, 2.05) is 26.0 Å². The largest absolute Gasteiger partial charge is 0.495 e. The van der Waals surface area contributed by atoms with Crippen LogP contribution < -0.4 is 15.0 Å². The number of piperazine rings is 1. The number of ether oxygens (including phenoxy) is 1. The van der Waals surface area contributed by atoms with E-state index in [-0.39, 0.29) is 23.9 Å². The SMILES string of the molecule is COc1ccccc1N1CCN([C@H](c2cccs2)[C@H](C)NC(=O)C(C)C)CC1. The third-order valence-electron chi connectivity index (χ3n) is 5.34. The van der Waals surface area contributed by atoms with Crippen LogP contribution in [0.25, 0.3) is 0 Å². The molecule has 0 unspecified atom stereocenters. The minimum atomic E-state index is -0.00571. The van der Waals surface area contributed by atoms with Crippen LogP contribution in [0.5, 0.6) is 5.75 Å². The van der Waals surface area contributed by atoms with E-state index in [1.54, 1.807) is 18.4 Å². The average Bonchev–Trinajstić information content (AvgIpc) is 3.22. The van der Waals surface area contributed by atoms with E-state index >= 15 is 0 Å². The number of nitrogens with one attached hydrogen (secondary N) is 1. The monoisotopic (exact) mass is 401 g/mol. The lowest BCUT2D eigenvalue weighted by Gasteiger charge is -2.42. The van der Waals surface area contributed by atoms with Gasteiger partial charge in [0.1, 0.15) is 5.75 Å². The van der Waals surface area contributed by atoms with Crippen LogP contribution >= 0.6 is 11.3 Å². The van der Waals surface area contributed by atoms with Gasteiger partial charge in [-0.1, -0.05) is 32.0 Å². The average molecular weight is 402 g/mol. The number of methoxy groups -OCH3 is 1. The normalized spacial score (nSPS) is 17.4. The van der Waals surface area contributed by atoms with Gasteiger partial charge in [-0.25, -0.2) is 0 Å². The second-order valence-electron chi connectivity index (χ2n) is 7.61. The quantitative estimate of drug-likeness (QED) is 0.767. The first-order valence-corrected chi connectivity index (χ1v) is 10.8. The van der Waals surface area contributed by atoms with Gasteiger partial charge >= 0.3 is 0 Å². The lowest BCUT2D eigenvalue weighted by atomic mass is 10.0. The van der Waals surface area contributed by atoms with E-state index < -0.39 is 0 Å². The van der Waals surface area contributed by atoms with Crippen LogP contribution in [-0.2, 0) is 4.79 Å². The number of amides is 1. The number of thiophene rings is 1. The number of hydrogen-bond donors (Lipinski definition) is 1. The summed E-state index contributed by atoms with van der Waals surface area (Å²) in [7, 11) is 1.72. The highest BCUT2D eigenvalue weighted by Gasteiger charge is 2.31. The van der Waals surface area contributed by atoms with Gasteiger partial charge in [0.05, 0.1) is 18.8 Å². The van der Waals surface area contributed by atoms with Gasteiger partial charge in [-0.2, -0.15) is 0 Å². The highest BCUT2D eigenvalue weighted by Crippen LogP contribution is 2.32. The maximum absolute atomic E-state index is 12.3. The van der Waals surface area contributed by atoms with E-state index in [9.17, 15) is 4.79 Å². The smallest absolute Gasteiger partial charge is 0.222 e. The van der Waals surface area contributed by atoms with E-state index in [1.165, 1.54) is 4.88 Å². The van der Waals surface area contributed by atoms with Crippen molar-refractivity contribution in [2.45, 2.75) is 32.9 Å². The van der Waals surface area contributed by atoms with Crippen LogP contribution in [-0.4, -0.2) is 50.1 Å². The summed E-state index contributed by atoms with van der Waals surface area (Å²) in [6.07, 6.45) is 0. The van der Waals surface area contributed by atoms with Gasteiger partial charge in [0.25, 0.3) is 0 Å². The highest BCUT2D eigenvalue weighted by molar-refractivity contribution is 7.10. The molecule has 0 spiro atoms. The fourth-order valence-electron chi connectivity index (χ4n) is 3.80. The van der Waals surface area contributed by atoms with Gasteiger partial charge in [0, 0.05) is 43.0 Å². The first-order valence-electron chi connectivity index (χ1n) is 9.97. The number of anilines is 1. The molecule has 5 nitrogen and oxygen atoms in total. The van der Waals surface area contributed by atoms with Gasteiger partial charge in [0.2, 0.25) is 5.91 Å². The molecule has 1 saturated heterocycles. The minimum Gasteiger partial charge on any atom is -0.495 e. The van der Waals surface area contributed by atoms with Crippen molar-refractivity contribution in [2.24, 2.45) is 5.92 Å². The maximum atomic E-state index is 12.3. The van der Waals surface area contributed by atoms with Crippen LogP contribution in [0.4, 0.5) is 5.69 Å². The lowest BCUT2D eigenvalue weighted by molar-refractivity contribution is -0.125. The Morgan fingerprint density at radius 1 is 1.07 bits per heavy atom. The molecule has 2 aromatic rings. The number of nitrogens with zero attached hydrogens (tertiary/aromatic N) is 2. The first-order chi connectivity index (χ1) is 13.5. The van der Waals surface area contributed by atoms with Crippen molar-refractivity contribution in [1.82, 2.24) is 10.2 Å². The summed E-state index contributed by atoms with van der Waals surface area (Å²) >= 11 is 1.77. The lowest BCUT2D eigenvalue weighted by Crippen LogP contribution is -2.52. The molecule has 152 valence electrons. The summed E-state index contributed by atoms with van der Waals surface area (Å²) in [5.74, 6) is 1.03. The summed E-state index contributed by atoms with van der Waals surface area (Å²) in [6, 6.07) is 12.7. The molecule has 0 saturated carbocycles. The molecular weight excluding hydrogens is 370 g/mol. The Kier molecular flexibility index (Phi) is 6.97. The van der Waals surface area contributed by atoms with Crippen molar-refractivity contribution in [3.63, 3.8) is 0 Å². The summed E-state index contributed by atoms with van der Waals surface area (Å²) in [5, 5.41) is 5.33. The molecule has 1 amide bonds. The van der Waals surface area contributed by atoms with Gasteiger partial charge in [-0.3, -0.25) is 9.69 Å². The summed E-state index contributed by atoms with van der Waals surface area (Å²) in [5.41, 5.74) is 1.15. The fraction of sp³-hybridized carbons (Fsp3) is 0.500. The first kappa shape index (κ1) is 20.7. The Morgan fingerprint density at radius 3 is 2.39 bits per heavy atom. The second kappa shape index (κ2) is 9.43. The molecule has 0 aliphatic carbocycles. The Bertz CT molecular complexity index is 755. The molecule has 0 radical (unpaired) electrons. The topological polar surface area (TPSA) is 44.8 Å². The summed E-state index contributed by atoms with van der Waals surface area (Å²) in [4.78, 5) is 18.5. The number of benzene rings is 1. The molecule has 1 aliphatic heterocycles. The van der Waals surface area contributed by atoms with Crippen LogP contribution in [0.1, 0.15) is 31.7 Å². The predicted molar refractivity (Wildman–Crippen MR) is 116 cm³/mol. The molecule has 28 heavy (non-hydrogen) atoms. The van der Waals surface area contributed by atoms with Crippen molar-refractivity contribution in [3.05, 3.63) is 46.7 Å². The number of hydrogen-bond acceptors (Lipinski definition) is 5. The number of carbonyl (C=O) groups is 1. The summed E-state index contributed by atoms with van der Waals surface area (Å²) in [6.45, 7) is 9.77. The van der Waals surface area contributed by atoms with Gasteiger partial charge < -0.3 is 15.0 Å². The molecule has 1 aromatic heterocycles. The van der Waals surface area contributed by atoms with Crippen molar-refractivity contribution >= 4 is 22.9 Å². The molecule has 1 aliphatic rings. The Labute approximate surface area is 172 Å². The van der Waals surface area contributed by atoms with E-state index in [4.69, 9.17) is 4.74 Å². The molecule has 1 aromatic carbocycles. The number of rotatable bonds is 7. The molecule has 1 fully saturated rings. The zero-order chi connectivity index (χ0) is 20.1. The number of para-hydroxylation sites is 2. The minimum absolute atomic E-state index is 0.00571. The third kappa shape index (κ3) is 4.67. The fourth-order valence-corrected chi connectivity index (χ4v) is 4.77. The standard InChI is InChI=1S/C22H31N3O2S/c1-16(2)22(26)23-17(3)21(20-10-7-15-28-20)25-13-11-24(12-14-25)18-8-5-6-9-19(18)27-4/h5-10,15-17,21H,11-14H2,1-4H3,(H,23,26)/t17-,21-/m0/s1. The second-order valence-corrected chi connectivity index (χ2v) is 8.59. The van der Waals surface area contributed by atoms with E-state index in [0.29, 0.717) is 0 Å². The molecule has 0 bridgehead atoms. The van der Waals surface area contributed by atoms with Gasteiger partial charge in [-0.05, 0) is 30.5 Å². The van der Waals surface area contributed by atoms with E-state index in [0.717, 1.165) is 37.6 Å². The molecule has 2 atom stereocenters. The zero-order valence-electron chi connectivity index (χ0n) is 17.2. The molecular formula is C22H31N3O2S. The Balaban J connectivity index is 1.72. The predicted octanol–water partition coefficient (Wildman–Crippen LogP) is 3.78. The van der Waals surface area contributed by atoms with Crippen molar-refractivity contribution in [1.29, 1.82) is 0 Å². The zero-order valence-corrected chi connectivity index (χ0v) is 18.0. The molecule has 2 heterocycles. The third-order valence-corrected chi connectivity index (χ3v) is 6.28. The summed E-state index contributed by atoms with van der Waals surface area (Å²) < 4.78 is 5.54. The molecule has 6 heteroatoms. The van der Waals surface area contributed by atoms with Crippen LogP contribution in [0.3, 0.4) is 0 Å². The van der Waals surface area contributed by atoms with E-state index in [2.05, 4.69) is 51.7 Å². The van der Waals surface area contributed by atoms with Crippen molar-refractivity contribution < 1.29 is 9.53 Å². The number of carbonyl (C=O) groups excluding carboxylic acids is 1. The van der Waals surface area contributed by atoms with Crippen LogP contribution in [0.2, 0.25) is 0 Å². The molecule has 3 rings (SSSR count). The Morgan fingerprint density at radius 2 is 1.79 bits per heavy atom. The van der Waals surface area contributed by atoms with Crippen LogP contribution in [0.15, 0.2) is 41.8 Å². The van der Waals surface area contributed by atoms with Gasteiger partial charge in [0.15, 0.2) is 0 Å². The highest BCUT2D eigenvalue weighted by atomic mass is 32.1. The molecule has 1 N–H and O–H groups in total.